The van der Waals surface area contributed by atoms with Crippen molar-refractivity contribution in [3.63, 3.8) is 0 Å². The number of benzene rings is 8. The first-order valence-corrected chi connectivity index (χ1v) is 20.3. The quantitative estimate of drug-likeness (QED) is 0.147. The van der Waals surface area contributed by atoms with Crippen LogP contribution >= 0.6 is 0 Å². The van der Waals surface area contributed by atoms with Gasteiger partial charge in [0.15, 0.2) is 5.82 Å². The molecule has 10 aromatic rings. The molecule has 0 amide bonds. The lowest BCUT2D eigenvalue weighted by Gasteiger charge is -2.23. The summed E-state index contributed by atoms with van der Waals surface area (Å²) in [5.41, 5.74) is 17.3. The Labute approximate surface area is 351 Å². The van der Waals surface area contributed by atoms with Gasteiger partial charge in [0, 0.05) is 44.5 Å². The molecule has 3 nitrogen and oxygen atoms in total. The van der Waals surface area contributed by atoms with Crippen LogP contribution in [0.2, 0.25) is 0 Å². The number of pyridine rings is 1. The number of nitrogens with zero attached hydrogens (tertiary/aromatic N) is 3. The second-order valence-electron chi connectivity index (χ2n) is 14.7. The van der Waals surface area contributed by atoms with Gasteiger partial charge in [-0.25, -0.2) is 15.0 Å². The van der Waals surface area contributed by atoms with Crippen LogP contribution in [-0.4, -0.2) is 15.0 Å². The average Bonchev–Trinajstić information content (AvgIpc) is 3.35. The van der Waals surface area contributed by atoms with Crippen LogP contribution in [0, 0.1) is 0 Å². The van der Waals surface area contributed by atoms with Crippen molar-refractivity contribution in [1.82, 2.24) is 15.0 Å². The Bertz CT molecular complexity index is 2940. The molecular formula is C57H39N3. The van der Waals surface area contributed by atoms with Crippen molar-refractivity contribution in [2.45, 2.75) is 0 Å². The molecule has 0 atom stereocenters. The molecule has 0 saturated heterocycles. The van der Waals surface area contributed by atoms with Crippen LogP contribution in [0.4, 0.5) is 0 Å². The van der Waals surface area contributed by atoms with Gasteiger partial charge in [0.25, 0.3) is 0 Å². The normalized spacial score (nSPS) is 11.0. The zero-order valence-corrected chi connectivity index (χ0v) is 32.9. The minimum Gasteiger partial charge on any atom is -0.246 e. The summed E-state index contributed by atoms with van der Waals surface area (Å²) in [5.74, 6) is 0.652. The molecule has 0 aliphatic rings. The molecule has 0 fully saturated rings. The van der Waals surface area contributed by atoms with E-state index in [-0.39, 0.29) is 0 Å². The van der Waals surface area contributed by atoms with Crippen molar-refractivity contribution >= 4 is 0 Å². The van der Waals surface area contributed by atoms with Gasteiger partial charge in [0.1, 0.15) is 0 Å². The van der Waals surface area contributed by atoms with Gasteiger partial charge in [-0.05, 0) is 39.9 Å². The first-order chi connectivity index (χ1) is 29.8. The Kier molecular flexibility index (Phi) is 9.97. The molecule has 0 radical (unpaired) electrons. The van der Waals surface area contributed by atoms with E-state index in [0.29, 0.717) is 5.82 Å². The number of hydrogen-bond acceptors (Lipinski definition) is 3. The van der Waals surface area contributed by atoms with Crippen molar-refractivity contribution in [2.75, 3.05) is 0 Å². The highest BCUT2D eigenvalue weighted by Gasteiger charge is 2.26. The highest BCUT2D eigenvalue weighted by Crippen LogP contribution is 2.49. The maximum Gasteiger partial charge on any atom is 0.160 e. The maximum absolute atomic E-state index is 5.63. The summed E-state index contributed by atoms with van der Waals surface area (Å²) in [7, 11) is 0. The van der Waals surface area contributed by atoms with Gasteiger partial charge in [-0.3, -0.25) is 0 Å². The monoisotopic (exact) mass is 765 g/mol. The minimum absolute atomic E-state index is 0.652. The summed E-state index contributed by atoms with van der Waals surface area (Å²) in [6, 6.07) is 82.7. The molecule has 0 aliphatic carbocycles. The number of rotatable bonds is 9. The van der Waals surface area contributed by atoms with Crippen LogP contribution in [-0.2, 0) is 0 Å². The third-order valence-corrected chi connectivity index (χ3v) is 10.9. The Morgan fingerprint density at radius 2 is 0.600 bits per heavy atom. The lowest BCUT2D eigenvalue weighted by molar-refractivity contribution is 1.18. The van der Waals surface area contributed by atoms with E-state index in [9.17, 15) is 0 Å². The average molecular weight is 766 g/mol. The minimum atomic E-state index is 0.652. The van der Waals surface area contributed by atoms with Crippen LogP contribution in [0.1, 0.15) is 0 Å². The lowest BCUT2D eigenvalue weighted by Crippen LogP contribution is -2.02. The van der Waals surface area contributed by atoms with Crippen LogP contribution in [0.3, 0.4) is 0 Å². The van der Waals surface area contributed by atoms with Crippen LogP contribution in [0.15, 0.2) is 237 Å². The van der Waals surface area contributed by atoms with Gasteiger partial charge in [-0.1, -0.05) is 224 Å². The summed E-state index contributed by atoms with van der Waals surface area (Å²) in [6.45, 7) is 0. The van der Waals surface area contributed by atoms with Crippen LogP contribution < -0.4 is 0 Å². The molecule has 8 aromatic carbocycles. The predicted molar refractivity (Wildman–Crippen MR) is 249 cm³/mol. The molecule has 0 saturated carbocycles. The topological polar surface area (TPSA) is 38.7 Å². The van der Waals surface area contributed by atoms with E-state index in [1.807, 2.05) is 6.07 Å². The van der Waals surface area contributed by atoms with E-state index >= 15 is 0 Å². The zero-order valence-electron chi connectivity index (χ0n) is 32.9. The molecule has 3 heteroatoms. The lowest BCUT2D eigenvalue weighted by atomic mass is 9.83. The smallest absolute Gasteiger partial charge is 0.160 e. The van der Waals surface area contributed by atoms with Crippen molar-refractivity contribution in [3.05, 3.63) is 237 Å². The molecule has 2 heterocycles. The molecule has 0 aliphatic heterocycles. The van der Waals surface area contributed by atoms with E-state index in [1.165, 1.54) is 0 Å². The van der Waals surface area contributed by atoms with Crippen LogP contribution in [0.25, 0.3) is 101 Å². The molecule has 60 heavy (non-hydrogen) atoms. The van der Waals surface area contributed by atoms with Crippen molar-refractivity contribution in [2.24, 2.45) is 0 Å². The van der Waals surface area contributed by atoms with E-state index in [1.54, 1.807) is 0 Å². The first kappa shape index (κ1) is 36.3. The summed E-state index contributed by atoms with van der Waals surface area (Å²) in [6.07, 6.45) is 0. The van der Waals surface area contributed by atoms with Gasteiger partial charge in [-0.2, -0.15) is 0 Å². The fraction of sp³-hybridized carbons (Fsp3) is 0. The third kappa shape index (κ3) is 7.21. The molecule has 282 valence electrons. The zero-order chi connectivity index (χ0) is 40.1. The van der Waals surface area contributed by atoms with Crippen molar-refractivity contribution < 1.29 is 0 Å². The fourth-order valence-corrected chi connectivity index (χ4v) is 8.12. The van der Waals surface area contributed by atoms with Gasteiger partial charge in [0.2, 0.25) is 0 Å². The number of aromatic nitrogens is 3. The van der Waals surface area contributed by atoms with E-state index in [0.717, 1.165) is 95.1 Å². The van der Waals surface area contributed by atoms with E-state index < -0.39 is 0 Å². The predicted octanol–water partition coefficient (Wildman–Crippen LogP) is 14.9. The summed E-state index contributed by atoms with van der Waals surface area (Å²) in [5, 5.41) is 0. The standard InChI is InChI=1S/C57H39N3/c1-7-22-40(23-8-1)48-36-19-20-37-49(48)51-39-50(41-24-9-2-10-25-41)58-57(59-51)47-35-21-34-46(38-47)52-53(42-26-11-3-12-27-42)55(44-30-15-5-16-31-44)60-56(45-32-17-6-18-33-45)54(52)43-28-13-4-14-29-43/h1-39H. The summed E-state index contributed by atoms with van der Waals surface area (Å²) >= 11 is 0. The van der Waals surface area contributed by atoms with Gasteiger partial charge >= 0.3 is 0 Å². The van der Waals surface area contributed by atoms with Gasteiger partial charge in [-0.15, -0.1) is 0 Å². The van der Waals surface area contributed by atoms with E-state index in [2.05, 4.69) is 231 Å². The molecule has 0 bridgehead atoms. The highest BCUT2D eigenvalue weighted by atomic mass is 14.9. The molecule has 0 unspecified atom stereocenters. The molecule has 0 spiro atoms. The third-order valence-electron chi connectivity index (χ3n) is 10.9. The summed E-state index contributed by atoms with van der Waals surface area (Å²) < 4.78 is 0. The Morgan fingerprint density at radius 3 is 1.12 bits per heavy atom. The molecule has 2 aromatic heterocycles. The Hall–Kier alpha value is -8.01. The summed E-state index contributed by atoms with van der Waals surface area (Å²) in [4.78, 5) is 16.3. The molecule has 0 N–H and O–H groups in total. The second kappa shape index (κ2) is 16.5. The Balaban J connectivity index is 1.27. The fourth-order valence-electron chi connectivity index (χ4n) is 8.12. The van der Waals surface area contributed by atoms with E-state index in [4.69, 9.17) is 15.0 Å². The SMILES string of the molecule is c1ccc(-c2cc(-c3ccccc3-c3ccccc3)nc(-c3cccc(-c4c(-c5ccccc5)c(-c5ccccc5)nc(-c5ccccc5)c4-c4ccccc4)c3)n2)cc1. The van der Waals surface area contributed by atoms with Crippen molar-refractivity contribution in [3.8, 4) is 101 Å². The maximum atomic E-state index is 5.63. The second-order valence-corrected chi connectivity index (χ2v) is 14.7. The molecular weight excluding hydrogens is 727 g/mol. The largest absolute Gasteiger partial charge is 0.246 e. The van der Waals surface area contributed by atoms with Crippen molar-refractivity contribution in [1.29, 1.82) is 0 Å². The molecule has 10 rings (SSSR count). The Morgan fingerprint density at radius 1 is 0.217 bits per heavy atom. The van der Waals surface area contributed by atoms with Gasteiger partial charge in [0.05, 0.1) is 22.8 Å². The highest BCUT2D eigenvalue weighted by molar-refractivity contribution is 6.05. The first-order valence-electron chi connectivity index (χ1n) is 20.3. The number of hydrogen-bond donors (Lipinski definition) is 0. The van der Waals surface area contributed by atoms with Crippen LogP contribution in [0.5, 0.6) is 0 Å². The van der Waals surface area contributed by atoms with Gasteiger partial charge < -0.3 is 0 Å².